The Morgan fingerprint density at radius 3 is 3.00 bits per heavy atom. The third-order valence-electron chi connectivity index (χ3n) is 2.67. The second-order valence-corrected chi connectivity index (χ2v) is 5.58. The summed E-state index contributed by atoms with van der Waals surface area (Å²) in [6, 6.07) is 7.52. The summed E-state index contributed by atoms with van der Waals surface area (Å²) >= 11 is 7.47. The van der Waals surface area contributed by atoms with E-state index in [2.05, 4.69) is 27.1 Å². The van der Waals surface area contributed by atoms with Gasteiger partial charge in [-0.25, -0.2) is 9.97 Å². The van der Waals surface area contributed by atoms with Gasteiger partial charge >= 0.3 is 0 Å². The molecule has 7 heteroatoms. The van der Waals surface area contributed by atoms with Gasteiger partial charge in [-0.15, -0.1) is 10.2 Å². The number of rotatable bonds is 4. The predicted molar refractivity (Wildman–Crippen MR) is 78.1 cm³/mol. The Morgan fingerprint density at radius 1 is 1.25 bits per heavy atom. The SMILES string of the molecule is CCCc1nc(Cl)cc(Sc2nnc3ccccn23)n1. The zero-order valence-electron chi connectivity index (χ0n) is 10.8. The normalized spacial score (nSPS) is 11.1. The fraction of sp³-hybridized carbons (Fsp3) is 0.231. The average Bonchev–Trinajstić information content (AvgIpc) is 2.82. The van der Waals surface area contributed by atoms with Gasteiger partial charge in [-0.3, -0.25) is 4.40 Å². The summed E-state index contributed by atoms with van der Waals surface area (Å²) < 4.78 is 1.92. The number of pyridine rings is 1. The monoisotopic (exact) mass is 305 g/mol. The van der Waals surface area contributed by atoms with Crippen molar-refractivity contribution >= 4 is 29.0 Å². The number of hydrogen-bond donors (Lipinski definition) is 0. The Morgan fingerprint density at radius 2 is 2.15 bits per heavy atom. The zero-order chi connectivity index (χ0) is 13.9. The molecule has 0 bridgehead atoms. The second-order valence-electron chi connectivity index (χ2n) is 4.21. The van der Waals surface area contributed by atoms with Crippen molar-refractivity contribution < 1.29 is 0 Å². The summed E-state index contributed by atoms with van der Waals surface area (Å²) in [5.41, 5.74) is 0.809. The van der Waals surface area contributed by atoms with Crippen LogP contribution in [0.5, 0.6) is 0 Å². The molecule has 5 nitrogen and oxygen atoms in total. The molecular formula is C13H12ClN5S. The lowest BCUT2D eigenvalue weighted by molar-refractivity contribution is 0.807. The number of nitrogens with zero attached hydrogens (tertiary/aromatic N) is 5. The Hall–Kier alpha value is -1.66. The van der Waals surface area contributed by atoms with E-state index in [1.807, 2.05) is 28.8 Å². The van der Waals surface area contributed by atoms with Gasteiger partial charge in [-0.05, 0) is 30.3 Å². The first kappa shape index (κ1) is 13.3. The fourth-order valence-corrected chi connectivity index (χ4v) is 2.92. The van der Waals surface area contributed by atoms with Crippen LogP contribution in [0, 0.1) is 0 Å². The largest absolute Gasteiger partial charge is 0.277 e. The molecule has 3 aromatic heterocycles. The molecule has 0 fully saturated rings. The van der Waals surface area contributed by atoms with Gasteiger partial charge in [0, 0.05) is 18.7 Å². The summed E-state index contributed by atoms with van der Waals surface area (Å²) in [6.07, 6.45) is 3.72. The van der Waals surface area contributed by atoms with Crippen LogP contribution in [0.15, 0.2) is 40.6 Å². The van der Waals surface area contributed by atoms with E-state index < -0.39 is 0 Å². The minimum atomic E-state index is 0.458. The summed E-state index contributed by atoms with van der Waals surface area (Å²) in [4.78, 5) is 8.70. The molecule has 0 aromatic carbocycles. The van der Waals surface area contributed by atoms with Crippen LogP contribution in [0.3, 0.4) is 0 Å². The molecule has 0 aliphatic carbocycles. The standard InChI is InChI=1S/C13H12ClN5S/c1-2-5-10-15-9(14)8-12(16-10)20-13-18-17-11-6-3-4-7-19(11)13/h3-4,6-8H,2,5H2,1H3. The van der Waals surface area contributed by atoms with E-state index in [9.17, 15) is 0 Å². The van der Waals surface area contributed by atoms with Crippen molar-refractivity contribution in [2.75, 3.05) is 0 Å². The van der Waals surface area contributed by atoms with Crippen LogP contribution < -0.4 is 0 Å². The second kappa shape index (κ2) is 5.76. The molecule has 0 atom stereocenters. The fourth-order valence-electron chi connectivity index (χ4n) is 1.81. The number of aryl methyl sites for hydroxylation is 1. The molecule has 0 amide bonds. The van der Waals surface area contributed by atoms with Crippen LogP contribution in [0.1, 0.15) is 19.2 Å². The van der Waals surface area contributed by atoms with E-state index in [0.717, 1.165) is 34.5 Å². The maximum absolute atomic E-state index is 6.04. The van der Waals surface area contributed by atoms with Gasteiger partial charge < -0.3 is 0 Å². The molecule has 102 valence electrons. The topological polar surface area (TPSA) is 56.0 Å². The first-order valence-electron chi connectivity index (χ1n) is 6.27. The number of aromatic nitrogens is 5. The Labute approximate surface area is 125 Å². The van der Waals surface area contributed by atoms with Crippen molar-refractivity contribution in [3.63, 3.8) is 0 Å². The average molecular weight is 306 g/mol. The van der Waals surface area contributed by atoms with Gasteiger partial charge in [0.2, 0.25) is 5.16 Å². The lowest BCUT2D eigenvalue weighted by Gasteiger charge is -2.03. The summed E-state index contributed by atoms with van der Waals surface area (Å²) in [7, 11) is 0. The Balaban J connectivity index is 1.94. The van der Waals surface area contributed by atoms with Gasteiger partial charge in [0.15, 0.2) is 5.65 Å². The van der Waals surface area contributed by atoms with Crippen LogP contribution >= 0.6 is 23.4 Å². The van der Waals surface area contributed by atoms with Gasteiger partial charge in [0.1, 0.15) is 16.0 Å². The minimum absolute atomic E-state index is 0.458. The van der Waals surface area contributed by atoms with E-state index in [4.69, 9.17) is 11.6 Å². The summed E-state index contributed by atoms with van der Waals surface area (Å²) in [5.74, 6) is 0.760. The molecule has 0 aliphatic rings. The van der Waals surface area contributed by atoms with Gasteiger partial charge in [0.25, 0.3) is 0 Å². The third kappa shape index (κ3) is 2.76. The van der Waals surface area contributed by atoms with Crippen molar-refractivity contribution in [3.05, 3.63) is 41.4 Å². The zero-order valence-corrected chi connectivity index (χ0v) is 12.4. The van der Waals surface area contributed by atoms with Crippen LogP contribution in [-0.2, 0) is 6.42 Å². The summed E-state index contributed by atoms with van der Waals surface area (Å²) in [6.45, 7) is 2.09. The molecular weight excluding hydrogens is 294 g/mol. The van der Waals surface area contributed by atoms with Crippen LogP contribution in [0.25, 0.3) is 5.65 Å². The number of fused-ring (bicyclic) bond motifs is 1. The first-order valence-corrected chi connectivity index (χ1v) is 7.47. The molecule has 0 saturated heterocycles. The highest BCUT2D eigenvalue weighted by atomic mass is 35.5. The highest BCUT2D eigenvalue weighted by Crippen LogP contribution is 2.26. The van der Waals surface area contributed by atoms with Crippen LogP contribution in [0.2, 0.25) is 5.15 Å². The molecule has 3 aromatic rings. The van der Waals surface area contributed by atoms with E-state index in [-0.39, 0.29) is 0 Å². The molecule has 0 aliphatic heterocycles. The summed E-state index contributed by atoms with van der Waals surface area (Å²) in [5, 5.41) is 10.3. The molecule has 0 unspecified atom stereocenters. The van der Waals surface area contributed by atoms with Crippen LogP contribution in [-0.4, -0.2) is 24.6 Å². The molecule has 0 radical (unpaired) electrons. The van der Waals surface area contributed by atoms with Crippen LogP contribution in [0.4, 0.5) is 0 Å². The Kier molecular flexibility index (Phi) is 3.84. The van der Waals surface area contributed by atoms with E-state index in [1.165, 1.54) is 11.8 Å². The molecule has 0 N–H and O–H groups in total. The maximum Gasteiger partial charge on any atom is 0.201 e. The number of hydrogen-bond acceptors (Lipinski definition) is 5. The minimum Gasteiger partial charge on any atom is -0.277 e. The lowest BCUT2D eigenvalue weighted by atomic mass is 10.3. The van der Waals surface area contributed by atoms with Gasteiger partial charge in [-0.2, -0.15) is 0 Å². The predicted octanol–water partition coefficient (Wildman–Crippen LogP) is 3.28. The van der Waals surface area contributed by atoms with Crippen molar-refractivity contribution in [1.82, 2.24) is 24.6 Å². The van der Waals surface area contributed by atoms with Crippen molar-refractivity contribution in [2.45, 2.75) is 29.9 Å². The van der Waals surface area contributed by atoms with Crippen molar-refractivity contribution in [3.8, 4) is 0 Å². The van der Waals surface area contributed by atoms with Crippen molar-refractivity contribution in [2.24, 2.45) is 0 Å². The smallest absolute Gasteiger partial charge is 0.201 e. The van der Waals surface area contributed by atoms with Gasteiger partial charge in [-0.1, -0.05) is 24.6 Å². The quantitative estimate of drug-likeness (QED) is 0.692. The Bertz CT molecular complexity index is 742. The van der Waals surface area contributed by atoms with E-state index >= 15 is 0 Å². The molecule has 0 saturated carbocycles. The highest BCUT2D eigenvalue weighted by Gasteiger charge is 2.10. The van der Waals surface area contributed by atoms with Crippen molar-refractivity contribution in [1.29, 1.82) is 0 Å². The number of halogens is 1. The molecule has 0 spiro atoms. The molecule has 3 rings (SSSR count). The maximum atomic E-state index is 6.04. The van der Waals surface area contributed by atoms with Gasteiger partial charge in [0.05, 0.1) is 0 Å². The highest BCUT2D eigenvalue weighted by molar-refractivity contribution is 7.99. The molecule has 3 heterocycles. The molecule has 20 heavy (non-hydrogen) atoms. The van der Waals surface area contributed by atoms with E-state index in [1.54, 1.807) is 6.07 Å². The lowest BCUT2D eigenvalue weighted by Crippen LogP contribution is -1.96. The first-order chi connectivity index (χ1) is 9.76. The van der Waals surface area contributed by atoms with E-state index in [0.29, 0.717) is 5.15 Å². The third-order valence-corrected chi connectivity index (χ3v) is 3.74.